The molecule has 0 unspecified atom stereocenters. The van der Waals surface area contributed by atoms with Crippen LogP contribution in [0.25, 0.3) is 0 Å². The molecule has 0 amide bonds. The number of thiophene rings is 1. The quantitative estimate of drug-likeness (QED) is 0.864. The van der Waals surface area contributed by atoms with Crippen LogP contribution in [0.4, 0.5) is 10.3 Å². The molecule has 4 heterocycles. The van der Waals surface area contributed by atoms with Gasteiger partial charge < -0.3 is 4.90 Å². The molecule has 0 radical (unpaired) electrons. The standard InChI is InChI=1S/C17H21FN4S/c18-15-8-19-16(20-9-15)22-5-1-3-17(13-22)4-6-21(12-17)10-14-2-7-23-11-14/h2,7-9,11H,1,3-6,10,12-13H2/t17-/m0/s1. The maximum absolute atomic E-state index is 13.0. The summed E-state index contributed by atoms with van der Waals surface area (Å²) in [5, 5.41) is 4.39. The van der Waals surface area contributed by atoms with Crippen molar-refractivity contribution in [1.29, 1.82) is 0 Å². The Morgan fingerprint density at radius 1 is 1.17 bits per heavy atom. The molecule has 6 heteroatoms. The van der Waals surface area contributed by atoms with Crippen LogP contribution in [0.15, 0.2) is 29.2 Å². The highest BCUT2D eigenvalue weighted by Gasteiger charge is 2.41. The Balaban J connectivity index is 1.43. The van der Waals surface area contributed by atoms with Crippen molar-refractivity contribution in [3.63, 3.8) is 0 Å². The highest BCUT2D eigenvalue weighted by molar-refractivity contribution is 7.07. The summed E-state index contributed by atoms with van der Waals surface area (Å²) >= 11 is 1.77. The third kappa shape index (κ3) is 3.23. The molecule has 0 N–H and O–H groups in total. The summed E-state index contributed by atoms with van der Waals surface area (Å²) in [5.74, 6) is 0.296. The first kappa shape index (κ1) is 15.0. The first-order chi connectivity index (χ1) is 11.2. The van der Waals surface area contributed by atoms with Gasteiger partial charge in [-0.05, 0) is 48.2 Å². The van der Waals surface area contributed by atoms with Gasteiger partial charge in [0.25, 0.3) is 0 Å². The summed E-state index contributed by atoms with van der Waals surface area (Å²) in [6.07, 6.45) is 6.19. The van der Waals surface area contributed by atoms with Crippen molar-refractivity contribution in [1.82, 2.24) is 14.9 Å². The lowest BCUT2D eigenvalue weighted by Crippen LogP contribution is -2.45. The van der Waals surface area contributed by atoms with Crippen molar-refractivity contribution in [3.05, 3.63) is 40.6 Å². The minimum absolute atomic E-state index is 0.339. The van der Waals surface area contributed by atoms with Crippen LogP contribution in [0.3, 0.4) is 0 Å². The average Bonchev–Trinajstić information content (AvgIpc) is 3.19. The van der Waals surface area contributed by atoms with Crippen LogP contribution in [-0.2, 0) is 6.54 Å². The molecular weight excluding hydrogens is 311 g/mol. The van der Waals surface area contributed by atoms with E-state index >= 15 is 0 Å². The fourth-order valence-electron chi connectivity index (χ4n) is 3.98. The summed E-state index contributed by atoms with van der Waals surface area (Å²) < 4.78 is 13.0. The lowest BCUT2D eigenvalue weighted by atomic mass is 9.79. The summed E-state index contributed by atoms with van der Waals surface area (Å²) in [6.45, 7) is 5.31. The topological polar surface area (TPSA) is 32.3 Å². The number of aromatic nitrogens is 2. The van der Waals surface area contributed by atoms with Gasteiger partial charge in [0, 0.05) is 31.6 Å². The number of nitrogens with zero attached hydrogens (tertiary/aromatic N) is 4. The SMILES string of the molecule is Fc1cnc(N2CCC[C@@]3(CCN(Cc4ccsc4)C3)C2)nc1. The third-order valence-electron chi connectivity index (χ3n) is 5.05. The zero-order valence-corrected chi connectivity index (χ0v) is 13.9. The molecule has 4 rings (SSSR count). The van der Waals surface area contributed by atoms with Gasteiger partial charge >= 0.3 is 0 Å². The summed E-state index contributed by atoms with van der Waals surface area (Å²) in [5.41, 5.74) is 1.76. The normalized spacial score (nSPS) is 25.3. The molecule has 1 spiro atoms. The molecule has 2 aliphatic rings. The molecule has 2 saturated heterocycles. The minimum Gasteiger partial charge on any atom is -0.340 e. The number of likely N-dealkylation sites (tertiary alicyclic amines) is 1. The van der Waals surface area contributed by atoms with Gasteiger partial charge in [-0.2, -0.15) is 11.3 Å². The molecule has 1 atom stereocenters. The molecule has 4 nitrogen and oxygen atoms in total. The van der Waals surface area contributed by atoms with Gasteiger partial charge in [-0.3, -0.25) is 4.90 Å². The molecule has 0 bridgehead atoms. The van der Waals surface area contributed by atoms with Gasteiger partial charge in [-0.25, -0.2) is 14.4 Å². The Kier molecular flexibility index (Phi) is 4.03. The van der Waals surface area contributed by atoms with E-state index in [1.54, 1.807) is 11.3 Å². The van der Waals surface area contributed by atoms with E-state index in [-0.39, 0.29) is 5.82 Å². The maximum Gasteiger partial charge on any atom is 0.225 e. The van der Waals surface area contributed by atoms with Gasteiger partial charge in [-0.15, -0.1) is 0 Å². The van der Waals surface area contributed by atoms with E-state index in [2.05, 4.69) is 36.6 Å². The van der Waals surface area contributed by atoms with Gasteiger partial charge in [0.2, 0.25) is 5.95 Å². The van der Waals surface area contributed by atoms with Gasteiger partial charge in [-0.1, -0.05) is 0 Å². The van der Waals surface area contributed by atoms with Crippen LogP contribution in [0.1, 0.15) is 24.8 Å². The second kappa shape index (κ2) is 6.17. The third-order valence-corrected chi connectivity index (χ3v) is 5.79. The van der Waals surface area contributed by atoms with Crippen molar-refractivity contribution in [2.75, 3.05) is 31.1 Å². The summed E-state index contributed by atoms with van der Waals surface area (Å²) in [6, 6.07) is 2.22. The Bertz CT molecular complexity index is 645. The minimum atomic E-state index is -0.372. The highest BCUT2D eigenvalue weighted by atomic mass is 32.1. The Morgan fingerprint density at radius 3 is 2.83 bits per heavy atom. The Morgan fingerprint density at radius 2 is 2.04 bits per heavy atom. The molecule has 0 aromatic carbocycles. The molecule has 2 fully saturated rings. The number of anilines is 1. The molecule has 2 aromatic heterocycles. The van der Waals surface area contributed by atoms with E-state index in [9.17, 15) is 4.39 Å². The number of rotatable bonds is 3. The fourth-order valence-corrected chi connectivity index (χ4v) is 4.64. The van der Waals surface area contributed by atoms with E-state index < -0.39 is 0 Å². The number of hydrogen-bond donors (Lipinski definition) is 0. The van der Waals surface area contributed by atoms with Crippen LogP contribution < -0.4 is 4.90 Å². The molecule has 2 aromatic rings. The van der Waals surface area contributed by atoms with Crippen LogP contribution in [-0.4, -0.2) is 41.0 Å². The molecule has 2 aliphatic heterocycles. The molecule has 23 heavy (non-hydrogen) atoms. The van der Waals surface area contributed by atoms with Gasteiger partial charge in [0.05, 0.1) is 12.4 Å². The van der Waals surface area contributed by atoms with Crippen molar-refractivity contribution in [2.24, 2.45) is 5.41 Å². The van der Waals surface area contributed by atoms with E-state index in [1.807, 2.05) is 0 Å². The van der Waals surface area contributed by atoms with Crippen molar-refractivity contribution >= 4 is 17.3 Å². The largest absolute Gasteiger partial charge is 0.340 e. The van der Waals surface area contributed by atoms with Crippen molar-refractivity contribution in [2.45, 2.75) is 25.8 Å². The number of piperidine rings is 1. The van der Waals surface area contributed by atoms with Crippen molar-refractivity contribution in [3.8, 4) is 0 Å². The van der Waals surface area contributed by atoms with Crippen molar-refractivity contribution < 1.29 is 4.39 Å². The summed E-state index contributed by atoms with van der Waals surface area (Å²) in [7, 11) is 0. The predicted octanol–water partition coefficient (Wildman–Crippen LogP) is 3.17. The second-order valence-electron chi connectivity index (χ2n) is 6.82. The zero-order chi connectivity index (χ0) is 15.7. The summed E-state index contributed by atoms with van der Waals surface area (Å²) in [4.78, 5) is 13.1. The Hall–Kier alpha value is -1.53. The lowest BCUT2D eigenvalue weighted by molar-refractivity contribution is 0.215. The highest BCUT2D eigenvalue weighted by Crippen LogP contribution is 2.40. The first-order valence-corrected chi connectivity index (χ1v) is 9.13. The van der Waals surface area contributed by atoms with Crippen LogP contribution in [0.2, 0.25) is 0 Å². The zero-order valence-electron chi connectivity index (χ0n) is 13.1. The lowest BCUT2D eigenvalue weighted by Gasteiger charge is -2.40. The molecule has 0 saturated carbocycles. The average molecular weight is 332 g/mol. The monoisotopic (exact) mass is 332 g/mol. The van der Waals surface area contributed by atoms with Gasteiger partial charge in [0.1, 0.15) is 0 Å². The predicted molar refractivity (Wildman–Crippen MR) is 90.1 cm³/mol. The maximum atomic E-state index is 13.0. The van der Waals surface area contributed by atoms with Crippen LogP contribution in [0.5, 0.6) is 0 Å². The Labute approximate surface area is 140 Å². The van der Waals surface area contributed by atoms with Crippen LogP contribution in [0, 0.1) is 11.2 Å². The fraction of sp³-hybridized carbons (Fsp3) is 0.529. The smallest absolute Gasteiger partial charge is 0.225 e. The second-order valence-corrected chi connectivity index (χ2v) is 7.60. The van der Waals surface area contributed by atoms with E-state index in [0.717, 1.165) is 39.1 Å². The van der Waals surface area contributed by atoms with Gasteiger partial charge in [0.15, 0.2) is 5.82 Å². The van der Waals surface area contributed by atoms with Crippen LogP contribution >= 0.6 is 11.3 Å². The molecule has 0 aliphatic carbocycles. The van der Waals surface area contributed by atoms with E-state index in [4.69, 9.17) is 0 Å². The number of hydrogen-bond acceptors (Lipinski definition) is 5. The first-order valence-electron chi connectivity index (χ1n) is 8.18. The van der Waals surface area contributed by atoms with E-state index in [1.165, 1.54) is 30.8 Å². The molecule has 122 valence electrons. The van der Waals surface area contributed by atoms with E-state index in [0.29, 0.717) is 11.4 Å². The number of halogens is 1. The molecular formula is C17H21FN4S.